The quantitative estimate of drug-likeness (QED) is 0.795. The highest BCUT2D eigenvalue weighted by atomic mass is 16.5. The third-order valence-electron chi connectivity index (χ3n) is 2.72. The molecule has 1 saturated heterocycles. The summed E-state index contributed by atoms with van der Waals surface area (Å²) >= 11 is 0. The zero-order valence-corrected chi connectivity index (χ0v) is 8.78. The van der Waals surface area contributed by atoms with Gasteiger partial charge < -0.3 is 15.2 Å². The molecule has 0 spiro atoms. The molecule has 1 aliphatic rings. The van der Waals surface area contributed by atoms with E-state index in [0.29, 0.717) is 18.4 Å². The second-order valence-electron chi connectivity index (χ2n) is 3.93. The van der Waals surface area contributed by atoms with Crippen LogP contribution in [0.5, 0.6) is 11.5 Å². The number of nitrogens with one attached hydrogen (secondary N) is 1. The lowest BCUT2D eigenvalue weighted by Crippen LogP contribution is -2.38. The summed E-state index contributed by atoms with van der Waals surface area (Å²) in [5.41, 5.74) is 0. The van der Waals surface area contributed by atoms with Gasteiger partial charge in [-0.05, 0) is 31.5 Å². The lowest BCUT2D eigenvalue weighted by Gasteiger charge is -2.23. The van der Waals surface area contributed by atoms with Crippen molar-refractivity contribution < 1.29 is 9.84 Å². The summed E-state index contributed by atoms with van der Waals surface area (Å²) in [6, 6.07) is 7.52. The van der Waals surface area contributed by atoms with E-state index in [4.69, 9.17) is 4.74 Å². The van der Waals surface area contributed by atoms with Gasteiger partial charge in [-0.2, -0.15) is 0 Å². The number of benzene rings is 1. The van der Waals surface area contributed by atoms with Gasteiger partial charge in [0, 0.05) is 6.04 Å². The molecular formula is C12H17NO2. The number of rotatable bonds is 3. The van der Waals surface area contributed by atoms with E-state index in [9.17, 15) is 5.11 Å². The molecule has 15 heavy (non-hydrogen) atoms. The Balaban J connectivity index is 1.84. The van der Waals surface area contributed by atoms with E-state index >= 15 is 0 Å². The minimum Gasteiger partial charge on any atom is -0.504 e. The largest absolute Gasteiger partial charge is 0.504 e. The molecule has 2 N–H and O–H groups in total. The first-order chi connectivity index (χ1) is 7.36. The molecule has 0 amide bonds. The summed E-state index contributed by atoms with van der Waals surface area (Å²) in [6.07, 6.45) is 3.68. The van der Waals surface area contributed by atoms with E-state index in [1.165, 1.54) is 12.8 Å². The number of hydrogen-bond acceptors (Lipinski definition) is 3. The first-order valence-electron chi connectivity index (χ1n) is 5.50. The molecule has 2 rings (SSSR count). The van der Waals surface area contributed by atoms with Crippen molar-refractivity contribution in [2.75, 3.05) is 13.2 Å². The minimum absolute atomic E-state index is 0.216. The molecule has 3 nitrogen and oxygen atoms in total. The summed E-state index contributed by atoms with van der Waals surface area (Å²) in [7, 11) is 0. The van der Waals surface area contributed by atoms with Crippen molar-refractivity contribution in [2.24, 2.45) is 0 Å². The fourth-order valence-electron chi connectivity index (χ4n) is 1.84. The molecule has 0 aliphatic carbocycles. The summed E-state index contributed by atoms with van der Waals surface area (Å²) in [5.74, 6) is 0.790. The SMILES string of the molecule is Oc1ccccc1OCC1CCCCN1. The van der Waals surface area contributed by atoms with Crippen molar-refractivity contribution in [2.45, 2.75) is 25.3 Å². The fraction of sp³-hybridized carbons (Fsp3) is 0.500. The van der Waals surface area contributed by atoms with E-state index in [1.54, 1.807) is 18.2 Å². The van der Waals surface area contributed by atoms with Crippen molar-refractivity contribution in [3.63, 3.8) is 0 Å². The van der Waals surface area contributed by atoms with E-state index in [1.807, 2.05) is 6.07 Å². The Kier molecular flexibility index (Phi) is 3.45. The molecule has 1 unspecified atom stereocenters. The molecule has 0 aromatic heterocycles. The number of para-hydroxylation sites is 2. The topological polar surface area (TPSA) is 41.5 Å². The average molecular weight is 207 g/mol. The number of phenolic OH excluding ortho intramolecular Hbond substituents is 1. The Morgan fingerprint density at radius 1 is 1.33 bits per heavy atom. The van der Waals surface area contributed by atoms with E-state index in [-0.39, 0.29) is 5.75 Å². The average Bonchev–Trinajstić information content (AvgIpc) is 2.29. The Bertz CT molecular complexity index is 308. The molecule has 0 radical (unpaired) electrons. The van der Waals surface area contributed by atoms with Gasteiger partial charge in [0.15, 0.2) is 11.5 Å². The highest BCUT2D eigenvalue weighted by Gasteiger charge is 2.13. The molecule has 0 bridgehead atoms. The summed E-state index contributed by atoms with van der Waals surface area (Å²) < 4.78 is 5.56. The predicted molar refractivity (Wildman–Crippen MR) is 59.2 cm³/mol. The van der Waals surface area contributed by atoms with E-state index in [2.05, 4.69) is 5.32 Å². The van der Waals surface area contributed by atoms with Gasteiger partial charge >= 0.3 is 0 Å². The highest BCUT2D eigenvalue weighted by molar-refractivity contribution is 5.37. The molecule has 1 aliphatic heterocycles. The standard InChI is InChI=1S/C12H17NO2/c14-11-6-1-2-7-12(11)15-9-10-5-3-4-8-13-10/h1-2,6-7,10,13-14H,3-5,8-9H2. The maximum absolute atomic E-state index is 9.49. The van der Waals surface area contributed by atoms with Gasteiger partial charge in [0.25, 0.3) is 0 Å². The number of phenols is 1. The lowest BCUT2D eigenvalue weighted by atomic mass is 10.1. The van der Waals surface area contributed by atoms with Gasteiger partial charge in [-0.15, -0.1) is 0 Å². The first-order valence-corrected chi connectivity index (χ1v) is 5.50. The summed E-state index contributed by atoms with van der Waals surface area (Å²) in [5, 5.41) is 12.9. The van der Waals surface area contributed by atoms with Crippen molar-refractivity contribution >= 4 is 0 Å². The molecule has 1 aromatic rings. The van der Waals surface area contributed by atoms with Crippen LogP contribution in [0.2, 0.25) is 0 Å². The molecule has 1 aromatic carbocycles. The van der Waals surface area contributed by atoms with Gasteiger partial charge in [0.05, 0.1) is 0 Å². The minimum atomic E-state index is 0.216. The van der Waals surface area contributed by atoms with Crippen molar-refractivity contribution in [3.05, 3.63) is 24.3 Å². The van der Waals surface area contributed by atoms with Crippen LogP contribution in [0, 0.1) is 0 Å². The second-order valence-corrected chi connectivity index (χ2v) is 3.93. The van der Waals surface area contributed by atoms with Crippen LogP contribution in [0.3, 0.4) is 0 Å². The van der Waals surface area contributed by atoms with Gasteiger partial charge in [-0.3, -0.25) is 0 Å². The molecular weight excluding hydrogens is 190 g/mol. The number of ether oxygens (including phenoxy) is 1. The Morgan fingerprint density at radius 3 is 2.93 bits per heavy atom. The smallest absolute Gasteiger partial charge is 0.160 e. The lowest BCUT2D eigenvalue weighted by molar-refractivity contribution is 0.231. The predicted octanol–water partition coefficient (Wildman–Crippen LogP) is 1.91. The van der Waals surface area contributed by atoms with Crippen molar-refractivity contribution in [3.8, 4) is 11.5 Å². The van der Waals surface area contributed by atoms with Crippen molar-refractivity contribution in [1.82, 2.24) is 5.32 Å². The third kappa shape index (κ3) is 2.86. The van der Waals surface area contributed by atoms with Crippen LogP contribution in [0.15, 0.2) is 24.3 Å². The van der Waals surface area contributed by atoms with Crippen LogP contribution in [0.1, 0.15) is 19.3 Å². The van der Waals surface area contributed by atoms with Gasteiger partial charge in [-0.25, -0.2) is 0 Å². The van der Waals surface area contributed by atoms with Crippen LogP contribution in [-0.4, -0.2) is 24.3 Å². The normalized spacial score (nSPS) is 21.2. The maximum atomic E-state index is 9.49. The third-order valence-corrected chi connectivity index (χ3v) is 2.72. The molecule has 3 heteroatoms. The zero-order chi connectivity index (χ0) is 10.5. The highest BCUT2D eigenvalue weighted by Crippen LogP contribution is 2.24. The molecule has 1 fully saturated rings. The van der Waals surface area contributed by atoms with Crippen LogP contribution in [-0.2, 0) is 0 Å². The zero-order valence-electron chi connectivity index (χ0n) is 8.78. The van der Waals surface area contributed by atoms with Crippen LogP contribution < -0.4 is 10.1 Å². The Labute approximate surface area is 90.1 Å². The molecule has 82 valence electrons. The molecule has 1 atom stereocenters. The van der Waals surface area contributed by atoms with E-state index < -0.39 is 0 Å². The van der Waals surface area contributed by atoms with Crippen LogP contribution in [0.25, 0.3) is 0 Å². The van der Waals surface area contributed by atoms with Gasteiger partial charge in [-0.1, -0.05) is 18.6 Å². The fourth-order valence-corrected chi connectivity index (χ4v) is 1.84. The van der Waals surface area contributed by atoms with Crippen molar-refractivity contribution in [1.29, 1.82) is 0 Å². The summed E-state index contributed by atoms with van der Waals surface area (Å²) in [4.78, 5) is 0. The number of piperidine rings is 1. The number of aromatic hydroxyl groups is 1. The molecule has 0 saturated carbocycles. The Morgan fingerprint density at radius 2 is 2.20 bits per heavy atom. The van der Waals surface area contributed by atoms with E-state index in [0.717, 1.165) is 13.0 Å². The maximum Gasteiger partial charge on any atom is 0.160 e. The Hall–Kier alpha value is -1.22. The van der Waals surface area contributed by atoms with Gasteiger partial charge in [0.1, 0.15) is 6.61 Å². The second kappa shape index (κ2) is 5.03. The number of hydrogen-bond donors (Lipinski definition) is 2. The van der Waals surface area contributed by atoms with Gasteiger partial charge in [0.2, 0.25) is 0 Å². The van der Waals surface area contributed by atoms with Crippen LogP contribution in [0.4, 0.5) is 0 Å². The van der Waals surface area contributed by atoms with Crippen LogP contribution >= 0.6 is 0 Å². The molecule has 1 heterocycles. The first kappa shape index (κ1) is 10.3. The monoisotopic (exact) mass is 207 g/mol. The summed E-state index contributed by atoms with van der Waals surface area (Å²) in [6.45, 7) is 1.71.